The molecule has 108 valence electrons. The van der Waals surface area contributed by atoms with Crippen molar-refractivity contribution in [1.82, 2.24) is 15.1 Å². The van der Waals surface area contributed by atoms with Crippen LogP contribution < -0.4 is 5.32 Å². The van der Waals surface area contributed by atoms with Crippen LogP contribution >= 0.6 is 0 Å². The van der Waals surface area contributed by atoms with Gasteiger partial charge in [0.25, 0.3) is 0 Å². The van der Waals surface area contributed by atoms with E-state index in [0.29, 0.717) is 6.42 Å². The maximum Gasteiger partial charge on any atom is 0.234 e. The summed E-state index contributed by atoms with van der Waals surface area (Å²) in [5.41, 5.74) is 2.88. The molecule has 1 aromatic heterocycles. The van der Waals surface area contributed by atoms with Gasteiger partial charge in [-0.15, -0.1) is 0 Å². The number of piperidine rings is 1. The standard InChI is InChI=1S/C16H17N3O2/c1-10-13(9-17-19(10)2)12-8-14(20)18-16(21)15(12)11-6-4-3-5-7-11/h3-7,9,12,15H,8H2,1-2H3,(H,18,20,21). The van der Waals surface area contributed by atoms with Crippen LogP contribution in [0.3, 0.4) is 0 Å². The van der Waals surface area contributed by atoms with E-state index in [1.807, 2.05) is 44.3 Å². The molecule has 1 N–H and O–H groups in total. The Hall–Kier alpha value is -2.43. The van der Waals surface area contributed by atoms with Crippen LogP contribution in [-0.4, -0.2) is 21.6 Å². The lowest BCUT2D eigenvalue weighted by atomic mass is 9.77. The Morgan fingerprint density at radius 2 is 1.95 bits per heavy atom. The highest BCUT2D eigenvalue weighted by Crippen LogP contribution is 2.39. The Morgan fingerprint density at radius 3 is 2.57 bits per heavy atom. The van der Waals surface area contributed by atoms with E-state index in [0.717, 1.165) is 16.8 Å². The fraction of sp³-hybridized carbons (Fsp3) is 0.312. The number of nitrogens with zero attached hydrogens (tertiary/aromatic N) is 2. The van der Waals surface area contributed by atoms with E-state index in [9.17, 15) is 9.59 Å². The molecule has 5 nitrogen and oxygen atoms in total. The molecule has 1 saturated heterocycles. The zero-order valence-electron chi connectivity index (χ0n) is 12.0. The van der Waals surface area contributed by atoms with E-state index < -0.39 is 0 Å². The molecule has 2 heterocycles. The van der Waals surface area contributed by atoms with Crippen molar-refractivity contribution in [2.24, 2.45) is 7.05 Å². The Morgan fingerprint density at radius 1 is 1.24 bits per heavy atom. The van der Waals surface area contributed by atoms with E-state index in [-0.39, 0.29) is 23.7 Å². The second kappa shape index (κ2) is 5.16. The molecular weight excluding hydrogens is 266 g/mol. The third-order valence-electron chi connectivity index (χ3n) is 4.18. The van der Waals surface area contributed by atoms with Crippen molar-refractivity contribution < 1.29 is 9.59 Å². The molecule has 1 aliphatic heterocycles. The Kier molecular flexibility index (Phi) is 3.33. The SMILES string of the molecule is Cc1c(C2CC(=O)NC(=O)C2c2ccccc2)cnn1C. The number of hydrogen-bond donors (Lipinski definition) is 1. The van der Waals surface area contributed by atoms with E-state index in [1.165, 1.54) is 0 Å². The normalized spacial score (nSPS) is 22.2. The minimum Gasteiger partial charge on any atom is -0.296 e. The molecule has 0 spiro atoms. The van der Waals surface area contributed by atoms with Crippen molar-refractivity contribution in [3.05, 3.63) is 53.3 Å². The lowest BCUT2D eigenvalue weighted by Crippen LogP contribution is -2.43. The van der Waals surface area contributed by atoms with Crippen molar-refractivity contribution in [2.75, 3.05) is 0 Å². The summed E-state index contributed by atoms with van der Waals surface area (Å²) >= 11 is 0. The van der Waals surface area contributed by atoms with Gasteiger partial charge in [-0.1, -0.05) is 30.3 Å². The highest BCUT2D eigenvalue weighted by molar-refractivity contribution is 6.02. The summed E-state index contributed by atoms with van der Waals surface area (Å²) in [4.78, 5) is 24.1. The summed E-state index contributed by atoms with van der Waals surface area (Å²) in [7, 11) is 1.86. The van der Waals surface area contributed by atoms with Crippen LogP contribution in [0.2, 0.25) is 0 Å². The van der Waals surface area contributed by atoms with Gasteiger partial charge in [-0.2, -0.15) is 5.10 Å². The monoisotopic (exact) mass is 283 g/mol. The molecule has 21 heavy (non-hydrogen) atoms. The molecule has 2 amide bonds. The van der Waals surface area contributed by atoms with Gasteiger partial charge in [0.2, 0.25) is 11.8 Å². The van der Waals surface area contributed by atoms with Gasteiger partial charge < -0.3 is 0 Å². The number of aryl methyl sites for hydroxylation is 1. The second-order valence-electron chi connectivity index (χ2n) is 5.42. The molecule has 1 aromatic carbocycles. The first-order valence-electron chi connectivity index (χ1n) is 6.95. The molecule has 2 atom stereocenters. The van der Waals surface area contributed by atoms with Crippen LogP contribution in [-0.2, 0) is 16.6 Å². The highest BCUT2D eigenvalue weighted by Gasteiger charge is 2.39. The van der Waals surface area contributed by atoms with E-state index in [4.69, 9.17) is 0 Å². The van der Waals surface area contributed by atoms with Crippen LogP contribution in [0.15, 0.2) is 36.5 Å². The maximum absolute atomic E-state index is 12.3. The first-order valence-corrected chi connectivity index (χ1v) is 6.95. The molecule has 2 unspecified atom stereocenters. The molecule has 2 aromatic rings. The number of carbonyl (C=O) groups excluding carboxylic acids is 2. The summed E-state index contributed by atoms with van der Waals surface area (Å²) in [6, 6.07) is 9.59. The molecule has 1 aliphatic rings. The van der Waals surface area contributed by atoms with Crippen LogP contribution in [0, 0.1) is 6.92 Å². The number of benzene rings is 1. The van der Waals surface area contributed by atoms with Gasteiger partial charge >= 0.3 is 0 Å². The van der Waals surface area contributed by atoms with Crippen LogP contribution in [0.25, 0.3) is 0 Å². The number of hydrogen-bond acceptors (Lipinski definition) is 3. The third-order valence-corrected chi connectivity index (χ3v) is 4.18. The maximum atomic E-state index is 12.3. The predicted molar refractivity (Wildman–Crippen MR) is 77.6 cm³/mol. The largest absolute Gasteiger partial charge is 0.296 e. The van der Waals surface area contributed by atoms with Crippen LogP contribution in [0.4, 0.5) is 0 Å². The van der Waals surface area contributed by atoms with Gasteiger partial charge in [-0.25, -0.2) is 0 Å². The molecular formula is C16H17N3O2. The molecule has 0 saturated carbocycles. The summed E-state index contributed by atoms with van der Waals surface area (Å²) in [6.45, 7) is 1.96. The van der Waals surface area contributed by atoms with Gasteiger partial charge in [-0.3, -0.25) is 19.6 Å². The number of nitrogens with one attached hydrogen (secondary N) is 1. The van der Waals surface area contributed by atoms with E-state index in [1.54, 1.807) is 10.9 Å². The van der Waals surface area contributed by atoms with Gasteiger partial charge in [-0.05, 0) is 18.1 Å². The quantitative estimate of drug-likeness (QED) is 0.852. The average molecular weight is 283 g/mol. The Labute approximate surface area is 123 Å². The molecule has 0 aliphatic carbocycles. The highest BCUT2D eigenvalue weighted by atomic mass is 16.2. The smallest absolute Gasteiger partial charge is 0.234 e. The lowest BCUT2D eigenvalue weighted by molar-refractivity contribution is -0.135. The van der Waals surface area contributed by atoms with Gasteiger partial charge in [0.15, 0.2) is 0 Å². The number of aromatic nitrogens is 2. The van der Waals surface area contributed by atoms with Crippen LogP contribution in [0.1, 0.15) is 35.1 Å². The number of amides is 2. The first-order chi connectivity index (χ1) is 10.1. The molecule has 5 heteroatoms. The van der Waals surface area contributed by atoms with E-state index in [2.05, 4.69) is 10.4 Å². The Bertz CT molecular complexity index is 691. The van der Waals surface area contributed by atoms with Crippen molar-refractivity contribution in [2.45, 2.75) is 25.2 Å². The van der Waals surface area contributed by atoms with Crippen LogP contribution in [0.5, 0.6) is 0 Å². The average Bonchev–Trinajstić information content (AvgIpc) is 2.79. The molecule has 1 fully saturated rings. The van der Waals surface area contributed by atoms with Crippen molar-refractivity contribution in [3.63, 3.8) is 0 Å². The number of rotatable bonds is 2. The minimum atomic E-state index is -0.355. The molecule has 0 bridgehead atoms. The first kappa shape index (κ1) is 13.5. The van der Waals surface area contributed by atoms with Gasteiger partial charge in [0, 0.05) is 25.1 Å². The fourth-order valence-electron chi connectivity index (χ4n) is 2.98. The van der Waals surface area contributed by atoms with Crippen molar-refractivity contribution >= 4 is 11.8 Å². The minimum absolute atomic E-state index is 0.164. The topological polar surface area (TPSA) is 64.0 Å². The van der Waals surface area contributed by atoms with Crippen molar-refractivity contribution in [1.29, 1.82) is 0 Å². The lowest BCUT2D eigenvalue weighted by Gasteiger charge is -2.30. The Balaban J connectivity index is 2.07. The summed E-state index contributed by atoms with van der Waals surface area (Å²) in [6.07, 6.45) is 2.07. The number of carbonyl (C=O) groups is 2. The number of imide groups is 1. The summed E-state index contributed by atoms with van der Waals surface area (Å²) in [5.74, 6) is -0.972. The third kappa shape index (κ3) is 2.35. The van der Waals surface area contributed by atoms with Crippen molar-refractivity contribution in [3.8, 4) is 0 Å². The van der Waals surface area contributed by atoms with E-state index >= 15 is 0 Å². The zero-order chi connectivity index (χ0) is 15.0. The second-order valence-corrected chi connectivity index (χ2v) is 5.42. The molecule has 3 rings (SSSR count). The van der Waals surface area contributed by atoms with Gasteiger partial charge in [0.1, 0.15) is 0 Å². The summed E-state index contributed by atoms with van der Waals surface area (Å²) in [5, 5.41) is 6.69. The predicted octanol–water partition coefficient (Wildman–Crippen LogP) is 1.64. The van der Waals surface area contributed by atoms with Gasteiger partial charge in [0.05, 0.1) is 12.1 Å². The zero-order valence-corrected chi connectivity index (χ0v) is 12.0. The summed E-state index contributed by atoms with van der Waals surface area (Å²) < 4.78 is 1.77. The fourth-order valence-corrected chi connectivity index (χ4v) is 2.98. The molecule has 0 radical (unpaired) electrons.